The molecule has 19 heavy (non-hydrogen) atoms. The second-order valence-corrected chi connectivity index (χ2v) is 7.43. The van der Waals surface area contributed by atoms with E-state index in [0.717, 1.165) is 25.7 Å². The Bertz CT molecular complexity index is 534. The van der Waals surface area contributed by atoms with E-state index in [1.807, 2.05) is 0 Å². The van der Waals surface area contributed by atoms with Gasteiger partial charge < -0.3 is 10.5 Å². The lowest BCUT2D eigenvalue weighted by atomic mass is 10.1. The molecule has 0 atom stereocenters. The first-order valence-electron chi connectivity index (χ1n) is 6.62. The van der Waals surface area contributed by atoms with Gasteiger partial charge in [-0.1, -0.05) is 12.8 Å². The minimum Gasteiger partial charge on any atom is -0.497 e. The summed E-state index contributed by atoms with van der Waals surface area (Å²) in [5.74, 6) is 1.29. The Morgan fingerprint density at radius 3 is 2.58 bits per heavy atom. The highest BCUT2D eigenvalue weighted by Crippen LogP contribution is 2.27. The van der Waals surface area contributed by atoms with Crippen LogP contribution in [0.15, 0.2) is 18.2 Å². The van der Waals surface area contributed by atoms with Crippen LogP contribution in [0.25, 0.3) is 0 Å². The first-order valence-corrected chi connectivity index (χ1v) is 8.44. The van der Waals surface area contributed by atoms with E-state index in [1.165, 1.54) is 0 Å². The summed E-state index contributed by atoms with van der Waals surface area (Å²) in [5, 5.41) is 0. The van der Waals surface area contributed by atoms with Crippen molar-refractivity contribution in [1.29, 1.82) is 0 Å². The van der Waals surface area contributed by atoms with E-state index < -0.39 is 9.84 Å². The molecular weight excluding hydrogens is 262 g/mol. The molecular formula is C14H21NO3S. The van der Waals surface area contributed by atoms with E-state index in [9.17, 15) is 8.42 Å². The number of benzene rings is 1. The maximum Gasteiger partial charge on any atom is 0.154 e. The van der Waals surface area contributed by atoms with Crippen LogP contribution >= 0.6 is 0 Å². The highest BCUT2D eigenvalue weighted by molar-refractivity contribution is 7.90. The first kappa shape index (κ1) is 14.2. The summed E-state index contributed by atoms with van der Waals surface area (Å²) >= 11 is 0. The quantitative estimate of drug-likeness (QED) is 0.842. The van der Waals surface area contributed by atoms with Crippen LogP contribution in [0.5, 0.6) is 5.75 Å². The lowest BCUT2D eigenvalue weighted by molar-refractivity contribution is 0.414. The van der Waals surface area contributed by atoms with Crippen LogP contribution in [0, 0.1) is 5.92 Å². The highest BCUT2D eigenvalue weighted by atomic mass is 32.2. The van der Waals surface area contributed by atoms with E-state index in [2.05, 4.69) is 0 Å². The minimum absolute atomic E-state index is 0.0465. The normalized spacial score (nSPS) is 16.7. The van der Waals surface area contributed by atoms with Crippen molar-refractivity contribution in [2.75, 3.05) is 18.6 Å². The van der Waals surface area contributed by atoms with Gasteiger partial charge in [0.2, 0.25) is 0 Å². The molecule has 0 amide bonds. The molecule has 0 radical (unpaired) electrons. The van der Waals surface area contributed by atoms with Gasteiger partial charge in [0.05, 0.1) is 18.6 Å². The molecule has 0 unspecified atom stereocenters. The van der Waals surface area contributed by atoms with Crippen LogP contribution in [-0.4, -0.2) is 21.3 Å². The number of methoxy groups -OCH3 is 1. The van der Waals surface area contributed by atoms with Crippen molar-refractivity contribution >= 4 is 15.5 Å². The van der Waals surface area contributed by atoms with E-state index >= 15 is 0 Å². The average molecular weight is 283 g/mol. The van der Waals surface area contributed by atoms with E-state index in [4.69, 9.17) is 10.5 Å². The van der Waals surface area contributed by atoms with Gasteiger partial charge in [-0.15, -0.1) is 0 Å². The fraction of sp³-hybridized carbons (Fsp3) is 0.571. The van der Waals surface area contributed by atoms with E-state index in [0.29, 0.717) is 28.7 Å². The number of nitrogen functional groups attached to an aromatic ring is 1. The lowest BCUT2D eigenvalue weighted by Gasteiger charge is -2.11. The number of rotatable bonds is 5. The van der Waals surface area contributed by atoms with Crippen molar-refractivity contribution < 1.29 is 13.2 Å². The zero-order valence-corrected chi connectivity index (χ0v) is 12.1. The lowest BCUT2D eigenvalue weighted by Crippen LogP contribution is -2.16. The Morgan fingerprint density at radius 2 is 1.95 bits per heavy atom. The summed E-state index contributed by atoms with van der Waals surface area (Å²) < 4.78 is 29.5. The first-order chi connectivity index (χ1) is 8.98. The molecule has 0 heterocycles. The molecule has 1 aliphatic rings. The third kappa shape index (κ3) is 4.13. The van der Waals surface area contributed by atoms with Gasteiger partial charge in [0.25, 0.3) is 0 Å². The number of nitrogens with two attached hydrogens (primary N) is 1. The molecule has 1 fully saturated rings. The molecule has 0 aliphatic heterocycles. The second-order valence-electron chi connectivity index (χ2n) is 5.32. The SMILES string of the molecule is COc1cc(N)cc(CS(=O)(=O)CC2CCCC2)c1. The molecule has 0 saturated heterocycles. The number of hydrogen-bond donors (Lipinski definition) is 1. The van der Waals surface area contributed by atoms with Crippen molar-refractivity contribution in [3.05, 3.63) is 23.8 Å². The smallest absolute Gasteiger partial charge is 0.154 e. The van der Waals surface area contributed by atoms with Crippen molar-refractivity contribution in [1.82, 2.24) is 0 Å². The topological polar surface area (TPSA) is 69.4 Å². The van der Waals surface area contributed by atoms with Crippen LogP contribution in [0.4, 0.5) is 5.69 Å². The zero-order chi connectivity index (χ0) is 13.9. The molecule has 1 saturated carbocycles. The van der Waals surface area contributed by atoms with Gasteiger partial charge in [-0.05, 0) is 36.5 Å². The number of hydrogen-bond acceptors (Lipinski definition) is 4. The van der Waals surface area contributed by atoms with Crippen molar-refractivity contribution in [3.63, 3.8) is 0 Å². The third-order valence-electron chi connectivity index (χ3n) is 3.58. The van der Waals surface area contributed by atoms with Crippen LogP contribution in [0.3, 0.4) is 0 Å². The largest absolute Gasteiger partial charge is 0.497 e. The summed E-state index contributed by atoms with van der Waals surface area (Å²) in [7, 11) is -1.52. The Hall–Kier alpha value is -1.23. The fourth-order valence-electron chi connectivity index (χ4n) is 2.74. The Labute approximate surface area is 114 Å². The van der Waals surface area contributed by atoms with Gasteiger partial charge in [-0.25, -0.2) is 8.42 Å². The predicted molar refractivity (Wildman–Crippen MR) is 76.9 cm³/mol. The summed E-state index contributed by atoms with van der Waals surface area (Å²) in [5.41, 5.74) is 6.98. The second kappa shape index (κ2) is 5.82. The zero-order valence-electron chi connectivity index (χ0n) is 11.3. The van der Waals surface area contributed by atoms with Crippen LogP contribution < -0.4 is 10.5 Å². The monoisotopic (exact) mass is 283 g/mol. The fourth-order valence-corrected chi connectivity index (χ4v) is 4.58. The van der Waals surface area contributed by atoms with Gasteiger partial charge in [0.1, 0.15) is 5.75 Å². The molecule has 106 valence electrons. The molecule has 1 aliphatic carbocycles. The van der Waals surface area contributed by atoms with Crippen molar-refractivity contribution in [3.8, 4) is 5.75 Å². The Balaban J connectivity index is 2.08. The molecule has 2 rings (SSSR count). The standard InChI is InChI=1S/C14H21NO3S/c1-18-14-7-12(6-13(15)8-14)10-19(16,17)9-11-4-2-3-5-11/h6-8,11H,2-5,9-10,15H2,1H3. The van der Waals surface area contributed by atoms with Crippen LogP contribution in [-0.2, 0) is 15.6 Å². The van der Waals surface area contributed by atoms with Crippen LogP contribution in [0.1, 0.15) is 31.2 Å². The number of ether oxygens (including phenoxy) is 1. The molecule has 1 aromatic rings. The summed E-state index contributed by atoms with van der Waals surface area (Å²) in [4.78, 5) is 0. The van der Waals surface area contributed by atoms with Gasteiger partial charge in [-0.3, -0.25) is 0 Å². The van der Waals surface area contributed by atoms with Crippen LogP contribution in [0.2, 0.25) is 0 Å². The summed E-state index contributed by atoms with van der Waals surface area (Å²) in [6.07, 6.45) is 4.40. The third-order valence-corrected chi connectivity index (χ3v) is 5.33. The van der Waals surface area contributed by atoms with Gasteiger partial charge in [-0.2, -0.15) is 0 Å². The molecule has 0 aromatic heterocycles. The van der Waals surface area contributed by atoms with Gasteiger partial charge in [0.15, 0.2) is 9.84 Å². The van der Waals surface area contributed by atoms with Crippen molar-refractivity contribution in [2.45, 2.75) is 31.4 Å². The molecule has 0 bridgehead atoms. The highest BCUT2D eigenvalue weighted by Gasteiger charge is 2.23. The van der Waals surface area contributed by atoms with Crippen molar-refractivity contribution in [2.24, 2.45) is 5.92 Å². The molecule has 4 nitrogen and oxygen atoms in total. The van der Waals surface area contributed by atoms with Gasteiger partial charge >= 0.3 is 0 Å². The van der Waals surface area contributed by atoms with E-state index in [-0.39, 0.29) is 5.75 Å². The maximum absolute atomic E-state index is 12.2. The molecule has 0 spiro atoms. The Kier molecular flexibility index (Phi) is 4.34. The minimum atomic E-state index is -3.07. The number of anilines is 1. The van der Waals surface area contributed by atoms with Gasteiger partial charge in [0, 0.05) is 11.8 Å². The number of sulfone groups is 1. The predicted octanol–water partition coefficient (Wildman–Crippen LogP) is 2.38. The molecule has 2 N–H and O–H groups in total. The molecule has 5 heteroatoms. The average Bonchev–Trinajstić information content (AvgIpc) is 2.79. The molecule has 1 aromatic carbocycles. The Morgan fingerprint density at radius 1 is 1.26 bits per heavy atom. The summed E-state index contributed by atoms with van der Waals surface area (Å²) in [6, 6.07) is 5.13. The van der Waals surface area contributed by atoms with E-state index in [1.54, 1.807) is 25.3 Å². The maximum atomic E-state index is 12.2. The summed E-state index contributed by atoms with van der Waals surface area (Å²) in [6.45, 7) is 0.